The SMILES string of the molecule is Cc1ccnc(N2CC3(CN(C(=O)N4c5ccc(F)cc5OCC4C)C3)C2)c1. The first-order chi connectivity index (χ1) is 13.4. The Hall–Kier alpha value is -2.83. The second kappa shape index (κ2) is 6.09. The number of aryl methyl sites for hydroxylation is 1. The Labute approximate surface area is 163 Å². The third-order valence-corrected chi connectivity index (χ3v) is 5.91. The van der Waals surface area contributed by atoms with Gasteiger partial charge in [0, 0.05) is 43.9 Å². The normalized spacial score (nSPS) is 22.2. The maximum atomic E-state index is 13.5. The van der Waals surface area contributed by atoms with E-state index in [2.05, 4.69) is 22.9 Å². The fraction of sp³-hybridized carbons (Fsp3) is 0.429. The molecule has 5 rings (SSSR count). The summed E-state index contributed by atoms with van der Waals surface area (Å²) >= 11 is 0. The number of pyridine rings is 1. The van der Waals surface area contributed by atoms with Gasteiger partial charge in [0.2, 0.25) is 0 Å². The first-order valence-corrected chi connectivity index (χ1v) is 9.62. The van der Waals surface area contributed by atoms with Crippen molar-refractivity contribution in [3.8, 4) is 5.75 Å². The molecule has 0 aliphatic carbocycles. The highest BCUT2D eigenvalue weighted by Crippen LogP contribution is 2.43. The van der Waals surface area contributed by atoms with Gasteiger partial charge >= 0.3 is 6.03 Å². The van der Waals surface area contributed by atoms with Crippen LogP contribution < -0.4 is 14.5 Å². The lowest BCUT2D eigenvalue weighted by molar-refractivity contribution is 0.00857. The third-order valence-electron chi connectivity index (χ3n) is 5.91. The Morgan fingerprint density at radius 3 is 2.75 bits per heavy atom. The van der Waals surface area contributed by atoms with Gasteiger partial charge in [-0.15, -0.1) is 0 Å². The van der Waals surface area contributed by atoms with Gasteiger partial charge in [0.1, 0.15) is 24.0 Å². The molecule has 2 fully saturated rings. The number of halogens is 1. The summed E-state index contributed by atoms with van der Waals surface area (Å²) < 4.78 is 19.1. The van der Waals surface area contributed by atoms with Crippen LogP contribution in [0.1, 0.15) is 12.5 Å². The molecule has 1 aromatic heterocycles. The van der Waals surface area contributed by atoms with Crippen LogP contribution in [-0.2, 0) is 0 Å². The lowest BCUT2D eigenvalue weighted by atomic mass is 9.73. The number of amides is 2. The largest absolute Gasteiger partial charge is 0.489 e. The highest BCUT2D eigenvalue weighted by Gasteiger charge is 2.54. The van der Waals surface area contributed by atoms with Crippen LogP contribution >= 0.6 is 0 Å². The summed E-state index contributed by atoms with van der Waals surface area (Å²) in [5.41, 5.74) is 2.01. The number of likely N-dealkylation sites (tertiary alicyclic amines) is 1. The van der Waals surface area contributed by atoms with Crippen molar-refractivity contribution < 1.29 is 13.9 Å². The Balaban J connectivity index is 1.26. The van der Waals surface area contributed by atoms with E-state index in [1.165, 1.54) is 17.7 Å². The molecule has 1 spiro atoms. The van der Waals surface area contributed by atoms with Gasteiger partial charge in [-0.3, -0.25) is 4.90 Å². The van der Waals surface area contributed by atoms with Gasteiger partial charge in [0.05, 0.1) is 11.7 Å². The lowest BCUT2D eigenvalue weighted by Crippen LogP contribution is -2.74. The fourth-order valence-corrected chi connectivity index (χ4v) is 4.49. The number of carbonyl (C=O) groups is 1. The Morgan fingerprint density at radius 1 is 1.21 bits per heavy atom. The molecule has 1 unspecified atom stereocenters. The van der Waals surface area contributed by atoms with Gasteiger partial charge in [0.15, 0.2) is 0 Å². The molecular weight excluding hydrogens is 359 g/mol. The molecule has 28 heavy (non-hydrogen) atoms. The van der Waals surface area contributed by atoms with E-state index in [9.17, 15) is 9.18 Å². The summed E-state index contributed by atoms with van der Waals surface area (Å²) in [5.74, 6) is 1.08. The van der Waals surface area contributed by atoms with E-state index in [0.717, 1.165) is 32.0 Å². The number of anilines is 2. The van der Waals surface area contributed by atoms with Gasteiger partial charge in [0.25, 0.3) is 0 Å². The van der Waals surface area contributed by atoms with Gasteiger partial charge in [-0.05, 0) is 43.7 Å². The number of hydrogen-bond donors (Lipinski definition) is 0. The lowest BCUT2D eigenvalue weighted by Gasteiger charge is -2.61. The summed E-state index contributed by atoms with van der Waals surface area (Å²) in [6, 6.07) is 8.32. The van der Waals surface area contributed by atoms with Crippen molar-refractivity contribution >= 4 is 17.5 Å². The molecule has 3 aliphatic rings. The predicted octanol–water partition coefficient (Wildman–Crippen LogP) is 3.06. The number of nitrogens with zero attached hydrogens (tertiary/aromatic N) is 4. The average Bonchev–Trinajstić information content (AvgIpc) is 2.59. The van der Waals surface area contributed by atoms with Crippen molar-refractivity contribution in [2.24, 2.45) is 5.41 Å². The van der Waals surface area contributed by atoms with E-state index in [0.29, 0.717) is 18.0 Å². The molecule has 2 saturated heterocycles. The van der Waals surface area contributed by atoms with Crippen molar-refractivity contribution in [1.29, 1.82) is 0 Å². The second-order valence-electron chi connectivity index (χ2n) is 8.33. The maximum absolute atomic E-state index is 13.5. The molecule has 3 aliphatic heterocycles. The highest BCUT2D eigenvalue weighted by molar-refractivity contribution is 5.95. The number of fused-ring (bicyclic) bond motifs is 1. The Kier molecular flexibility index (Phi) is 3.76. The van der Waals surface area contributed by atoms with Crippen LogP contribution in [0.5, 0.6) is 5.75 Å². The number of ether oxygens (including phenoxy) is 1. The number of rotatable bonds is 1. The van der Waals surface area contributed by atoms with Crippen LogP contribution in [-0.4, -0.2) is 54.7 Å². The first kappa shape index (κ1) is 17.3. The van der Waals surface area contributed by atoms with Crippen LogP contribution in [0.4, 0.5) is 20.7 Å². The zero-order valence-corrected chi connectivity index (χ0v) is 16.1. The standard InChI is InChI=1S/C21H23FN4O2/c1-14-5-6-23-19(7-14)24-10-21(11-24)12-25(13-21)20(27)26-15(2)9-28-18-8-16(22)3-4-17(18)26/h3-8,15H,9-13H2,1-2H3. The van der Waals surface area contributed by atoms with E-state index >= 15 is 0 Å². The summed E-state index contributed by atoms with van der Waals surface area (Å²) in [5, 5.41) is 0. The van der Waals surface area contributed by atoms with Gasteiger partial charge in [-0.25, -0.2) is 14.2 Å². The zero-order valence-electron chi connectivity index (χ0n) is 16.1. The van der Waals surface area contributed by atoms with Crippen LogP contribution in [0.3, 0.4) is 0 Å². The Morgan fingerprint density at radius 2 is 2.00 bits per heavy atom. The summed E-state index contributed by atoms with van der Waals surface area (Å²) in [7, 11) is 0. The number of urea groups is 1. The molecule has 2 aromatic rings. The molecule has 7 heteroatoms. The van der Waals surface area contributed by atoms with Gasteiger partial charge < -0.3 is 14.5 Å². The minimum Gasteiger partial charge on any atom is -0.489 e. The zero-order chi connectivity index (χ0) is 19.5. The Bertz CT molecular complexity index is 936. The monoisotopic (exact) mass is 382 g/mol. The van der Waals surface area contributed by atoms with E-state index < -0.39 is 0 Å². The topological polar surface area (TPSA) is 48.9 Å². The molecule has 6 nitrogen and oxygen atoms in total. The molecule has 0 N–H and O–H groups in total. The number of benzene rings is 1. The number of hydrogen-bond acceptors (Lipinski definition) is 4. The molecule has 1 aromatic carbocycles. The smallest absolute Gasteiger partial charge is 0.325 e. The van der Waals surface area contributed by atoms with Crippen LogP contribution in [0.25, 0.3) is 0 Å². The van der Waals surface area contributed by atoms with Crippen molar-refractivity contribution in [3.63, 3.8) is 0 Å². The second-order valence-corrected chi connectivity index (χ2v) is 8.33. The van der Waals surface area contributed by atoms with Crippen LogP contribution in [0.2, 0.25) is 0 Å². The minimum atomic E-state index is -0.358. The summed E-state index contributed by atoms with van der Waals surface area (Å²) in [6.07, 6.45) is 1.84. The first-order valence-electron chi connectivity index (χ1n) is 9.62. The molecule has 0 radical (unpaired) electrons. The molecular formula is C21H23FN4O2. The van der Waals surface area contributed by atoms with Crippen molar-refractivity contribution in [2.45, 2.75) is 19.9 Å². The predicted molar refractivity (Wildman–Crippen MR) is 104 cm³/mol. The maximum Gasteiger partial charge on any atom is 0.325 e. The highest BCUT2D eigenvalue weighted by atomic mass is 19.1. The molecule has 0 saturated carbocycles. The summed E-state index contributed by atoms with van der Waals surface area (Å²) in [4.78, 5) is 23.5. The van der Waals surface area contributed by atoms with Crippen LogP contribution in [0, 0.1) is 18.2 Å². The molecule has 0 bridgehead atoms. The van der Waals surface area contributed by atoms with Crippen LogP contribution in [0.15, 0.2) is 36.5 Å². The van der Waals surface area contributed by atoms with Gasteiger partial charge in [-0.1, -0.05) is 0 Å². The number of aromatic nitrogens is 1. The molecule has 2 amide bonds. The third kappa shape index (κ3) is 2.68. The van der Waals surface area contributed by atoms with E-state index in [4.69, 9.17) is 4.74 Å². The van der Waals surface area contributed by atoms with Crippen molar-refractivity contribution in [1.82, 2.24) is 9.88 Å². The fourth-order valence-electron chi connectivity index (χ4n) is 4.49. The molecule has 146 valence electrons. The van der Waals surface area contributed by atoms with E-state index in [-0.39, 0.29) is 23.3 Å². The van der Waals surface area contributed by atoms with E-state index in [1.807, 2.05) is 24.1 Å². The minimum absolute atomic E-state index is 0.0265. The average molecular weight is 382 g/mol. The summed E-state index contributed by atoms with van der Waals surface area (Å²) in [6.45, 7) is 7.73. The molecule has 1 atom stereocenters. The molecule has 4 heterocycles. The number of carbonyl (C=O) groups excluding carboxylic acids is 1. The quantitative estimate of drug-likeness (QED) is 0.761. The van der Waals surface area contributed by atoms with Crippen molar-refractivity contribution in [2.75, 3.05) is 42.6 Å². The van der Waals surface area contributed by atoms with E-state index in [1.54, 1.807) is 11.0 Å². The van der Waals surface area contributed by atoms with Gasteiger partial charge in [-0.2, -0.15) is 0 Å². The van der Waals surface area contributed by atoms with Crippen molar-refractivity contribution in [3.05, 3.63) is 47.9 Å².